The molecule has 0 aliphatic carbocycles. The Hall–Kier alpha value is -0.650. The summed E-state index contributed by atoms with van der Waals surface area (Å²) in [5.74, 6) is 0.134. The van der Waals surface area contributed by atoms with E-state index in [4.69, 9.17) is 4.74 Å². The number of nitrogens with zero attached hydrogens (tertiary/aromatic N) is 2. The maximum atomic E-state index is 12.2. The maximum Gasteiger partial charge on any atom is 0.237 e. The van der Waals surface area contributed by atoms with Gasteiger partial charge in [0.2, 0.25) is 5.91 Å². The fourth-order valence-electron chi connectivity index (χ4n) is 3.05. The summed E-state index contributed by atoms with van der Waals surface area (Å²) in [5, 5.41) is 3.07. The number of hydrogen-bond acceptors (Lipinski definition) is 4. The van der Waals surface area contributed by atoms with E-state index in [1.165, 1.54) is 12.8 Å². The molecular formula is C16H31N3O2. The highest BCUT2D eigenvalue weighted by Crippen LogP contribution is 2.15. The van der Waals surface area contributed by atoms with Crippen molar-refractivity contribution in [1.82, 2.24) is 15.1 Å². The summed E-state index contributed by atoms with van der Waals surface area (Å²) in [6.45, 7) is 14.1. The van der Waals surface area contributed by atoms with Crippen molar-refractivity contribution < 1.29 is 9.53 Å². The Labute approximate surface area is 129 Å². The minimum atomic E-state index is -0.160. The highest BCUT2D eigenvalue weighted by molar-refractivity contribution is 5.81. The molecule has 122 valence electrons. The molecule has 2 unspecified atom stereocenters. The smallest absolute Gasteiger partial charge is 0.237 e. The maximum absolute atomic E-state index is 12.2. The van der Waals surface area contributed by atoms with Gasteiger partial charge in [0.1, 0.15) is 0 Å². The highest BCUT2D eigenvalue weighted by Gasteiger charge is 2.28. The fourth-order valence-corrected chi connectivity index (χ4v) is 3.05. The number of rotatable bonds is 4. The summed E-state index contributed by atoms with van der Waals surface area (Å²) < 4.78 is 5.70. The van der Waals surface area contributed by atoms with Crippen LogP contribution in [0, 0.1) is 0 Å². The summed E-state index contributed by atoms with van der Waals surface area (Å²) in [4.78, 5) is 17.0. The Bertz CT molecular complexity index is 340. The molecule has 0 bridgehead atoms. The van der Waals surface area contributed by atoms with Crippen molar-refractivity contribution in [3.63, 3.8) is 0 Å². The van der Waals surface area contributed by atoms with Crippen LogP contribution in [0.3, 0.4) is 0 Å². The molecule has 21 heavy (non-hydrogen) atoms. The number of ether oxygens (including phenoxy) is 1. The Morgan fingerprint density at radius 2 is 1.95 bits per heavy atom. The van der Waals surface area contributed by atoms with Gasteiger partial charge in [-0.1, -0.05) is 0 Å². The second kappa shape index (κ2) is 7.07. The van der Waals surface area contributed by atoms with Crippen LogP contribution in [0.5, 0.6) is 0 Å². The van der Waals surface area contributed by atoms with Gasteiger partial charge in [0, 0.05) is 44.9 Å². The molecule has 0 aromatic heterocycles. The van der Waals surface area contributed by atoms with Crippen molar-refractivity contribution in [2.45, 2.75) is 58.2 Å². The van der Waals surface area contributed by atoms with Crippen LogP contribution in [0.1, 0.15) is 40.5 Å². The average Bonchev–Trinajstić information content (AvgIpc) is 2.90. The van der Waals surface area contributed by atoms with Gasteiger partial charge >= 0.3 is 0 Å². The van der Waals surface area contributed by atoms with Crippen LogP contribution >= 0.6 is 0 Å². The summed E-state index contributed by atoms with van der Waals surface area (Å²) in [5.41, 5.74) is -0.160. The van der Waals surface area contributed by atoms with Crippen molar-refractivity contribution in [3.8, 4) is 0 Å². The van der Waals surface area contributed by atoms with Crippen molar-refractivity contribution >= 4 is 5.91 Å². The molecule has 2 aliphatic heterocycles. The van der Waals surface area contributed by atoms with E-state index in [0.29, 0.717) is 6.10 Å². The van der Waals surface area contributed by atoms with Crippen molar-refractivity contribution in [2.24, 2.45) is 0 Å². The monoisotopic (exact) mass is 297 g/mol. The minimum absolute atomic E-state index is 0.0471. The second-order valence-corrected chi connectivity index (χ2v) is 7.39. The lowest BCUT2D eigenvalue weighted by molar-refractivity contribution is -0.128. The summed E-state index contributed by atoms with van der Waals surface area (Å²) in [6, 6.07) is -0.0471. The van der Waals surface area contributed by atoms with Crippen LogP contribution in [-0.2, 0) is 9.53 Å². The molecule has 0 aromatic rings. The second-order valence-electron chi connectivity index (χ2n) is 7.39. The van der Waals surface area contributed by atoms with Crippen LogP contribution in [0.2, 0.25) is 0 Å². The van der Waals surface area contributed by atoms with Gasteiger partial charge in [-0.05, 0) is 40.5 Å². The molecular weight excluding hydrogens is 266 g/mol. The van der Waals surface area contributed by atoms with Gasteiger partial charge in [0.25, 0.3) is 0 Å². The first-order chi connectivity index (χ1) is 9.85. The molecule has 2 rings (SSSR count). The van der Waals surface area contributed by atoms with Crippen LogP contribution in [0.15, 0.2) is 0 Å². The predicted octanol–water partition coefficient (Wildman–Crippen LogP) is 1.09. The standard InChI is InChI=1S/C16H31N3O2/c1-13(15(20)17-16(2,3)4)19-9-7-18(8-10-19)12-14-6-5-11-21-14/h13-14H,5-12H2,1-4H3,(H,17,20). The summed E-state index contributed by atoms with van der Waals surface area (Å²) in [7, 11) is 0. The Balaban J connectivity index is 1.73. The molecule has 2 atom stereocenters. The number of nitrogens with one attached hydrogen (secondary N) is 1. The van der Waals surface area contributed by atoms with E-state index in [0.717, 1.165) is 39.3 Å². The third kappa shape index (κ3) is 5.24. The molecule has 0 aromatic carbocycles. The molecule has 2 aliphatic rings. The number of carbonyl (C=O) groups excluding carboxylic acids is 1. The van der Waals surface area contributed by atoms with Gasteiger partial charge in [-0.3, -0.25) is 14.6 Å². The zero-order chi connectivity index (χ0) is 15.5. The number of carbonyl (C=O) groups is 1. The van der Waals surface area contributed by atoms with E-state index in [2.05, 4.69) is 15.1 Å². The number of hydrogen-bond donors (Lipinski definition) is 1. The lowest BCUT2D eigenvalue weighted by atomic mass is 10.1. The lowest BCUT2D eigenvalue weighted by Gasteiger charge is -2.38. The Morgan fingerprint density at radius 3 is 2.48 bits per heavy atom. The first kappa shape index (κ1) is 16.7. The van der Waals surface area contributed by atoms with Crippen LogP contribution in [-0.4, -0.2) is 72.7 Å². The molecule has 1 amide bonds. The first-order valence-corrected chi connectivity index (χ1v) is 8.25. The van der Waals surface area contributed by atoms with Gasteiger partial charge in [-0.15, -0.1) is 0 Å². The lowest BCUT2D eigenvalue weighted by Crippen LogP contribution is -2.56. The SMILES string of the molecule is CC(C(=O)NC(C)(C)C)N1CCN(CC2CCCO2)CC1. The zero-order valence-corrected chi connectivity index (χ0v) is 14.0. The van der Waals surface area contributed by atoms with Gasteiger partial charge in [-0.25, -0.2) is 0 Å². The van der Waals surface area contributed by atoms with Crippen molar-refractivity contribution in [3.05, 3.63) is 0 Å². The number of piperazine rings is 1. The molecule has 0 spiro atoms. The van der Waals surface area contributed by atoms with E-state index in [1.807, 2.05) is 27.7 Å². The largest absolute Gasteiger partial charge is 0.377 e. The normalized spacial score (nSPS) is 26.8. The van der Waals surface area contributed by atoms with Crippen molar-refractivity contribution in [2.75, 3.05) is 39.3 Å². The molecule has 2 heterocycles. The fraction of sp³-hybridized carbons (Fsp3) is 0.938. The molecule has 2 fully saturated rings. The quantitative estimate of drug-likeness (QED) is 0.843. The van der Waals surface area contributed by atoms with E-state index < -0.39 is 0 Å². The van der Waals surface area contributed by atoms with E-state index in [1.54, 1.807) is 0 Å². The van der Waals surface area contributed by atoms with Crippen LogP contribution < -0.4 is 5.32 Å². The van der Waals surface area contributed by atoms with E-state index in [9.17, 15) is 4.79 Å². The average molecular weight is 297 g/mol. The highest BCUT2D eigenvalue weighted by atomic mass is 16.5. The summed E-state index contributed by atoms with van der Waals surface area (Å²) >= 11 is 0. The third-order valence-electron chi connectivity index (χ3n) is 4.32. The third-order valence-corrected chi connectivity index (χ3v) is 4.32. The van der Waals surface area contributed by atoms with Crippen LogP contribution in [0.25, 0.3) is 0 Å². The topological polar surface area (TPSA) is 44.8 Å². The molecule has 0 radical (unpaired) electrons. The van der Waals surface area contributed by atoms with Gasteiger partial charge in [0.15, 0.2) is 0 Å². The zero-order valence-electron chi connectivity index (χ0n) is 14.0. The van der Waals surface area contributed by atoms with Gasteiger partial charge < -0.3 is 10.1 Å². The Morgan fingerprint density at radius 1 is 1.29 bits per heavy atom. The number of amides is 1. The van der Waals surface area contributed by atoms with E-state index >= 15 is 0 Å². The van der Waals surface area contributed by atoms with Crippen molar-refractivity contribution in [1.29, 1.82) is 0 Å². The van der Waals surface area contributed by atoms with E-state index in [-0.39, 0.29) is 17.5 Å². The van der Waals surface area contributed by atoms with Gasteiger partial charge in [-0.2, -0.15) is 0 Å². The predicted molar refractivity (Wildman–Crippen MR) is 84.3 cm³/mol. The first-order valence-electron chi connectivity index (χ1n) is 8.25. The molecule has 5 nitrogen and oxygen atoms in total. The molecule has 1 N–H and O–H groups in total. The van der Waals surface area contributed by atoms with Gasteiger partial charge in [0.05, 0.1) is 12.1 Å². The Kier molecular flexibility index (Phi) is 5.63. The summed E-state index contributed by atoms with van der Waals surface area (Å²) in [6.07, 6.45) is 2.83. The minimum Gasteiger partial charge on any atom is -0.377 e. The molecule has 5 heteroatoms. The molecule has 0 saturated carbocycles. The molecule has 2 saturated heterocycles. The van der Waals surface area contributed by atoms with Crippen LogP contribution in [0.4, 0.5) is 0 Å².